The zero-order valence-electron chi connectivity index (χ0n) is 14.5. The predicted molar refractivity (Wildman–Crippen MR) is 105 cm³/mol. The summed E-state index contributed by atoms with van der Waals surface area (Å²) in [6.45, 7) is 3.55. The Balaban J connectivity index is 1.96. The van der Waals surface area contributed by atoms with Gasteiger partial charge in [0.25, 0.3) is 5.91 Å². The van der Waals surface area contributed by atoms with Crippen LogP contribution in [0.1, 0.15) is 25.8 Å². The third kappa shape index (κ3) is 5.15. The lowest BCUT2D eigenvalue weighted by Gasteiger charge is -2.19. The first kappa shape index (κ1) is 20.1. The van der Waals surface area contributed by atoms with Crippen LogP contribution in [0.3, 0.4) is 0 Å². The van der Waals surface area contributed by atoms with Gasteiger partial charge in [0.1, 0.15) is 10.4 Å². The number of hydrogen-bond donors (Lipinski definition) is 2. The number of carbonyl (C=O) groups excluding carboxylic acids is 2. The lowest BCUT2D eigenvalue weighted by Crippen LogP contribution is -2.45. The Kier molecular flexibility index (Phi) is 6.93. The van der Waals surface area contributed by atoms with Crippen LogP contribution >= 0.6 is 24.0 Å². The number of benzene rings is 1. The molecule has 2 N–H and O–H groups in total. The van der Waals surface area contributed by atoms with Crippen LogP contribution in [0.25, 0.3) is 6.08 Å². The van der Waals surface area contributed by atoms with Crippen LogP contribution in [-0.4, -0.2) is 44.7 Å². The van der Waals surface area contributed by atoms with E-state index in [9.17, 15) is 14.4 Å². The van der Waals surface area contributed by atoms with E-state index in [2.05, 4.69) is 5.32 Å². The third-order valence-electron chi connectivity index (χ3n) is 3.78. The van der Waals surface area contributed by atoms with Crippen LogP contribution in [0.2, 0.25) is 0 Å². The lowest BCUT2D eigenvalue weighted by molar-refractivity contribution is -0.143. The van der Waals surface area contributed by atoms with Crippen LogP contribution in [0.15, 0.2) is 35.2 Å². The van der Waals surface area contributed by atoms with Crippen LogP contribution in [-0.2, 0) is 14.4 Å². The van der Waals surface area contributed by atoms with Crippen molar-refractivity contribution in [1.82, 2.24) is 10.2 Å². The van der Waals surface area contributed by atoms with Gasteiger partial charge in [0.05, 0.1) is 4.91 Å². The van der Waals surface area contributed by atoms with Gasteiger partial charge in [-0.05, 0) is 17.6 Å². The molecule has 1 fully saturated rings. The highest BCUT2D eigenvalue weighted by molar-refractivity contribution is 8.26. The van der Waals surface area contributed by atoms with Gasteiger partial charge in [-0.15, -0.1) is 0 Å². The number of amides is 2. The minimum Gasteiger partial charge on any atom is -0.480 e. The summed E-state index contributed by atoms with van der Waals surface area (Å²) < 4.78 is 0.392. The van der Waals surface area contributed by atoms with E-state index in [0.29, 0.717) is 9.23 Å². The first-order chi connectivity index (χ1) is 12.3. The minimum atomic E-state index is -1.08. The fourth-order valence-electron chi connectivity index (χ4n) is 2.37. The Morgan fingerprint density at radius 3 is 2.54 bits per heavy atom. The Morgan fingerprint density at radius 1 is 1.31 bits per heavy atom. The topological polar surface area (TPSA) is 86.7 Å². The van der Waals surface area contributed by atoms with Crippen molar-refractivity contribution in [1.29, 1.82) is 0 Å². The number of nitrogens with zero attached hydrogens (tertiary/aromatic N) is 1. The van der Waals surface area contributed by atoms with E-state index < -0.39 is 17.9 Å². The molecule has 1 saturated heterocycles. The summed E-state index contributed by atoms with van der Waals surface area (Å²) in [5, 5.41) is 11.6. The van der Waals surface area contributed by atoms with Gasteiger partial charge in [0.2, 0.25) is 5.91 Å². The molecule has 2 amide bonds. The van der Waals surface area contributed by atoms with Crippen LogP contribution in [0.5, 0.6) is 0 Å². The molecule has 26 heavy (non-hydrogen) atoms. The second-order valence-electron chi connectivity index (χ2n) is 6.12. The van der Waals surface area contributed by atoms with Gasteiger partial charge in [-0.1, -0.05) is 68.2 Å². The molecule has 0 spiro atoms. The number of thiocarbonyl (C=S) groups is 1. The highest BCUT2D eigenvalue weighted by Gasteiger charge is 2.32. The molecule has 2 rings (SSSR count). The van der Waals surface area contributed by atoms with Crippen LogP contribution in [0, 0.1) is 5.92 Å². The molecule has 1 aliphatic heterocycles. The summed E-state index contributed by atoms with van der Waals surface area (Å²) in [5.74, 6) is -1.98. The zero-order chi connectivity index (χ0) is 19.3. The zero-order valence-corrected chi connectivity index (χ0v) is 16.1. The average molecular weight is 393 g/mol. The van der Waals surface area contributed by atoms with Crippen molar-refractivity contribution in [2.24, 2.45) is 5.92 Å². The van der Waals surface area contributed by atoms with E-state index >= 15 is 0 Å². The van der Waals surface area contributed by atoms with Gasteiger partial charge >= 0.3 is 5.97 Å². The van der Waals surface area contributed by atoms with Gasteiger partial charge in [-0.2, -0.15) is 0 Å². The number of hydrogen-bond acceptors (Lipinski definition) is 5. The normalized spacial score (nSPS) is 17.0. The quantitative estimate of drug-likeness (QED) is 0.548. The molecule has 0 radical (unpaired) electrons. The molecule has 1 aromatic rings. The Bertz CT molecular complexity index is 747. The molecular weight excluding hydrogens is 372 g/mol. The molecule has 0 bridgehead atoms. The molecule has 1 atom stereocenters. The second kappa shape index (κ2) is 8.95. The average Bonchev–Trinajstić information content (AvgIpc) is 2.84. The summed E-state index contributed by atoms with van der Waals surface area (Å²) >= 11 is 6.43. The van der Waals surface area contributed by atoms with Crippen molar-refractivity contribution < 1.29 is 19.5 Å². The first-order valence-corrected chi connectivity index (χ1v) is 9.34. The molecule has 6 nitrogen and oxygen atoms in total. The number of thioether (sulfide) groups is 1. The van der Waals surface area contributed by atoms with E-state index in [1.165, 1.54) is 16.7 Å². The molecule has 1 heterocycles. The molecule has 138 valence electrons. The fourth-order valence-corrected chi connectivity index (χ4v) is 3.67. The monoisotopic (exact) mass is 392 g/mol. The predicted octanol–water partition coefficient (Wildman–Crippen LogP) is 2.50. The fraction of sp³-hybridized carbons (Fsp3) is 0.333. The van der Waals surface area contributed by atoms with E-state index in [1.54, 1.807) is 19.9 Å². The second-order valence-corrected chi connectivity index (χ2v) is 7.80. The van der Waals surface area contributed by atoms with Crippen molar-refractivity contribution in [3.63, 3.8) is 0 Å². The maximum Gasteiger partial charge on any atom is 0.326 e. The Morgan fingerprint density at radius 2 is 1.96 bits per heavy atom. The minimum absolute atomic E-state index is 0.0123. The summed E-state index contributed by atoms with van der Waals surface area (Å²) in [7, 11) is 0. The van der Waals surface area contributed by atoms with Crippen LogP contribution < -0.4 is 5.32 Å². The van der Waals surface area contributed by atoms with Gasteiger partial charge in [0.15, 0.2) is 0 Å². The summed E-state index contributed by atoms with van der Waals surface area (Å²) in [4.78, 5) is 37.6. The maximum absolute atomic E-state index is 12.5. The number of rotatable bonds is 7. The van der Waals surface area contributed by atoms with Gasteiger partial charge < -0.3 is 10.4 Å². The van der Waals surface area contributed by atoms with Crippen molar-refractivity contribution >= 4 is 52.2 Å². The maximum atomic E-state index is 12.5. The van der Waals surface area contributed by atoms with E-state index in [4.69, 9.17) is 17.3 Å². The summed E-state index contributed by atoms with van der Waals surface area (Å²) in [5.41, 5.74) is 0.895. The molecule has 1 aromatic carbocycles. The van der Waals surface area contributed by atoms with E-state index in [1.807, 2.05) is 30.3 Å². The Labute approximate surface area is 161 Å². The van der Waals surface area contributed by atoms with Crippen molar-refractivity contribution in [2.45, 2.75) is 26.3 Å². The van der Waals surface area contributed by atoms with E-state index in [-0.39, 0.29) is 24.8 Å². The number of carbonyl (C=O) groups is 3. The molecular formula is C18H20N2O4S2. The third-order valence-corrected chi connectivity index (χ3v) is 5.16. The summed E-state index contributed by atoms with van der Waals surface area (Å²) in [6.07, 6.45) is 1.75. The molecule has 1 aliphatic rings. The Hall–Kier alpha value is -2.19. The van der Waals surface area contributed by atoms with E-state index in [0.717, 1.165) is 5.56 Å². The number of carboxylic acid groups (broad SMARTS) is 1. The molecule has 0 saturated carbocycles. The number of aliphatic carboxylic acids is 1. The smallest absolute Gasteiger partial charge is 0.326 e. The van der Waals surface area contributed by atoms with Gasteiger partial charge in [-0.3, -0.25) is 14.5 Å². The largest absolute Gasteiger partial charge is 0.480 e. The highest BCUT2D eigenvalue weighted by atomic mass is 32.2. The summed E-state index contributed by atoms with van der Waals surface area (Å²) in [6, 6.07) is 8.47. The standard InChI is InChI=1S/C18H20N2O4S2/c1-11(2)15(17(23)24)19-14(21)8-9-20-16(22)13(26-18(20)25)10-12-6-4-3-5-7-12/h3-7,10-11,15H,8-9H2,1-2H3,(H,19,21)(H,23,24)/b13-10+/t15-/m0/s1. The first-order valence-electron chi connectivity index (χ1n) is 8.12. The molecule has 0 aromatic heterocycles. The SMILES string of the molecule is CC(C)[C@H](NC(=O)CCN1C(=O)/C(=C\c2ccccc2)SC1=S)C(=O)O. The van der Waals surface area contributed by atoms with Crippen molar-refractivity contribution in [3.05, 3.63) is 40.8 Å². The number of nitrogens with one attached hydrogen (secondary N) is 1. The lowest BCUT2D eigenvalue weighted by atomic mass is 10.0. The van der Waals surface area contributed by atoms with Crippen molar-refractivity contribution in [3.8, 4) is 0 Å². The molecule has 0 aliphatic carbocycles. The van der Waals surface area contributed by atoms with Gasteiger partial charge in [0, 0.05) is 13.0 Å². The van der Waals surface area contributed by atoms with Crippen molar-refractivity contribution in [2.75, 3.05) is 6.54 Å². The highest BCUT2D eigenvalue weighted by Crippen LogP contribution is 2.32. The van der Waals surface area contributed by atoms with Gasteiger partial charge in [-0.25, -0.2) is 4.79 Å². The molecule has 8 heteroatoms. The number of carboxylic acids is 1. The van der Waals surface area contributed by atoms with Crippen LogP contribution in [0.4, 0.5) is 0 Å². The molecule has 0 unspecified atom stereocenters.